The van der Waals surface area contributed by atoms with E-state index in [1.54, 1.807) is 0 Å². The Kier molecular flexibility index (Phi) is 4.58. The second-order valence-corrected chi connectivity index (χ2v) is 8.71. The van der Waals surface area contributed by atoms with Crippen LogP contribution in [0.5, 0.6) is 0 Å². The summed E-state index contributed by atoms with van der Waals surface area (Å²) in [5, 5.41) is 0. The molecule has 2 aromatic rings. The van der Waals surface area contributed by atoms with Crippen molar-refractivity contribution in [3.05, 3.63) is 65.2 Å². The molecule has 3 aliphatic heterocycles. The fourth-order valence-electron chi connectivity index (χ4n) is 5.54. The number of hydrogen-bond acceptors (Lipinski definition) is 4. The van der Waals surface area contributed by atoms with E-state index in [-0.39, 0.29) is 23.6 Å². The molecule has 5 nitrogen and oxygen atoms in total. The quantitative estimate of drug-likeness (QED) is 0.581. The van der Waals surface area contributed by atoms with E-state index in [1.165, 1.54) is 4.90 Å². The third kappa shape index (κ3) is 2.76. The normalized spacial score (nSPS) is 28.1. The summed E-state index contributed by atoms with van der Waals surface area (Å²) in [7, 11) is 0. The fraction of sp³-hybridized carbons (Fsp3) is 0.400. The van der Waals surface area contributed by atoms with Gasteiger partial charge in [0.2, 0.25) is 11.8 Å². The smallest absolute Gasteiger partial charge is 0.239 e. The largest absolute Gasteiger partial charge is 0.292 e. The lowest BCUT2D eigenvalue weighted by molar-refractivity contribution is -0.123. The number of rotatable bonds is 4. The molecule has 3 heterocycles. The van der Waals surface area contributed by atoms with Gasteiger partial charge in [-0.1, -0.05) is 48.9 Å². The SMILES string of the molecule is CCc1ccc(N2C(=O)[C@@H]3[C@H](C2=O)[C@H]2CCCN2[C@@H]3C(=O)c2ccc(C)cc2)cc1. The Morgan fingerprint density at radius 3 is 2.30 bits per heavy atom. The minimum absolute atomic E-state index is 0.0224. The van der Waals surface area contributed by atoms with Gasteiger partial charge < -0.3 is 0 Å². The Balaban J connectivity index is 1.52. The number of aryl methyl sites for hydroxylation is 2. The van der Waals surface area contributed by atoms with Gasteiger partial charge in [-0.05, 0) is 50.4 Å². The Bertz CT molecular complexity index is 1010. The van der Waals surface area contributed by atoms with Crippen LogP contribution >= 0.6 is 0 Å². The second kappa shape index (κ2) is 7.17. The molecule has 0 saturated carbocycles. The van der Waals surface area contributed by atoms with E-state index in [2.05, 4.69) is 11.8 Å². The van der Waals surface area contributed by atoms with Crippen LogP contribution in [0.15, 0.2) is 48.5 Å². The second-order valence-electron chi connectivity index (χ2n) is 8.71. The number of nitrogens with zero attached hydrogens (tertiary/aromatic N) is 2. The molecule has 3 aliphatic rings. The van der Waals surface area contributed by atoms with E-state index in [0.717, 1.165) is 36.9 Å². The number of anilines is 1. The molecule has 0 aromatic heterocycles. The van der Waals surface area contributed by atoms with Crippen molar-refractivity contribution in [2.45, 2.75) is 45.2 Å². The molecular formula is C25H26N2O3. The molecule has 0 unspecified atom stereocenters. The van der Waals surface area contributed by atoms with Gasteiger partial charge >= 0.3 is 0 Å². The highest BCUT2D eigenvalue weighted by Crippen LogP contribution is 2.48. The van der Waals surface area contributed by atoms with E-state index in [0.29, 0.717) is 11.3 Å². The van der Waals surface area contributed by atoms with Crippen molar-refractivity contribution in [2.75, 3.05) is 11.4 Å². The van der Waals surface area contributed by atoms with Gasteiger partial charge in [0.1, 0.15) is 0 Å². The predicted octanol–water partition coefficient (Wildman–Crippen LogP) is 3.39. The lowest BCUT2D eigenvalue weighted by atomic mass is 9.85. The van der Waals surface area contributed by atoms with E-state index in [1.807, 2.05) is 55.5 Å². The first-order valence-corrected chi connectivity index (χ1v) is 10.8. The molecule has 30 heavy (non-hydrogen) atoms. The number of carbonyl (C=O) groups excluding carboxylic acids is 3. The fourth-order valence-corrected chi connectivity index (χ4v) is 5.54. The molecule has 2 amide bonds. The maximum atomic E-state index is 13.5. The van der Waals surface area contributed by atoms with Crippen LogP contribution in [0.4, 0.5) is 5.69 Å². The number of hydrogen-bond donors (Lipinski definition) is 0. The molecule has 5 rings (SSSR count). The monoisotopic (exact) mass is 402 g/mol. The first-order valence-electron chi connectivity index (χ1n) is 10.8. The lowest BCUT2D eigenvalue weighted by Gasteiger charge is -2.27. The van der Waals surface area contributed by atoms with Crippen molar-refractivity contribution in [3.63, 3.8) is 0 Å². The average molecular weight is 402 g/mol. The van der Waals surface area contributed by atoms with Crippen LogP contribution in [0, 0.1) is 18.8 Å². The first-order chi connectivity index (χ1) is 14.5. The molecule has 0 spiro atoms. The van der Waals surface area contributed by atoms with Crippen molar-refractivity contribution in [3.8, 4) is 0 Å². The van der Waals surface area contributed by atoms with Crippen LogP contribution in [0.3, 0.4) is 0 Å². The van der Waals surface area contributed by atoms with Gasteiger partial charge in [0.05, 0.1) is 23.6 Å². The first kappa shape index (κ1) is 19.2. The number of imide groups is 1. The summed E-state index contributed by atoms with van der Waals surface area (Å²) in [5.41, 5.74) is 3.47. The van der Waals surface area contributed by atoms with E-state index in [4.69, 9.17) is 0 Å². The molecule has 0 aliphatic carbocycles. The molecular weight excluding hydrogens is 376 g/mol. The van der Waals surface area contributed by atoms with Gasteiger partial charge in [0.25, 0.3) is 0 Å². The third-order valence-electron chi connectivity index (χ3n) is 7.06. The molecule has 3 saturated heterocycles. The zero-order chi connectivity index (χ0) is 21.0. The number of carbonyl (C=O) groups is 3. The predicted molar refractivity (Wildman–Crippen MR) is 114 cm³/mol. The van der Waals surface area contributed by atoms with Crippen molar-refractivity contribution in [1.29, 1.82) is 0 Å². The summed E-state index contributed by atoms with van der Waals surface area (Å²) >= 11 is 0. The molecule has 5 heteroatoms. The highest BCUT2D eigenvalue weighted by molar-refractivity contribution is 6.24. The number of ketones is 1. The zero-order valence-electron chi connectivity index (χ0n) is 17.4. The maximum Gasteiger partial charge on any atom is 0.239 e. The summed E-state index contributed by atoms with van der Waals surface area (Å²) in [6.45, 7) is 4.82. The molecule has 2 aromatic carbocycles. The summed E-state index contributed by atoms with van der Waals surface area (Å²) < 4.78 is 0. The zero-order valence-corrected chi connectivity index (χ0v) is 17.4. The van der Waals surface area contributed by atoms with Gasteiger partial charge in [-0.3, -0.25) is 19.3 Å². The Labute approximate surface area is 176 Å². The summed E-state index contributed by atoms with van der Waals surface area (Å²) in [6.07, 6.45) is 2.72. The number of fused-ring (bicyclic) bond motifs is 3. The number of amides is 2. The minimum atomic E-state index is -0.595. The van der Waals surface area contributed by atoms with Crippen molar-refractivity contribution >= 4 is 23.3 Å². The summed E-state index contributed by atoms with van der Waals surface area (Å²) in [5.74, 6) is -1.44. The Hall–Kier alpha value is -2.79. The van der Waals surface area contributed by atoms with Gasteiger partial charge in [0, 0.05) is 11.6 Å². The Morgan fingerprint density at radius 1 is 0.967 bits per heavy atom. The van der Waals surface area contributed by atoms with Crippen molar-refractivity contribution in [2.24, 2.45) is 11.8 Å². The van der Waals surface area contributed by atoms with E-state index in [9.17, 15) is 14.4 Å². The highest BCUT2D eigenvalue weighted by atomic mass is 16.2. The van der Waals surface area contributed by atoms with Crippen LogP contribution < -0.4 is 4.90 Å². The van der Waals surface area contributed by atoms with Gasteiger partial charge in [-0.15, -0.1) is 0 Å². The van der Waals surface area contributed by atoms with Gasteiger partial charge in [0.15, 0.2) is 5.78 Å². The average Bonchev–Trinajstić information content (AvgIpc) is 3.40. The molecule has 0 radical (unpaired) electrons. The topological polar surface area (TPSA) is 57.7 Å². The standard InChI is InChI=1S/C25H26N2O3/c1-3-16-8-12-18(13-9-16)27-24(29)20-19-5-4-14-26(19)22(21(20)25(27)30)23(28)17-10-6-15(2)7-11-17/h6-13,19-22H,3-5,14H2,1-2H3/t19-,20-,21-,22+/m1/s1. The summed E-state index contributed by atoms with van der Waals surface area (Å²) in [4.78, 5) is 43.9. The maximum absolute atomic E-state index is 13.5. The van der Waals surface area contributed by atoms with E-state index < -0.39 is 17.9 Å². The minimum Gasteiger partial charge on any atom is -0.292 e. The third-order valence-corrected chi connectivity index (χ3v) is 7.06. The van der Waals surface area contributed by atoms with Gasteiger partial charge in [-0.25, -0.2) is 4.90 Å². The van der Waals surface area contributed by atoms with Crippen LogP contribution in [-0.4, -0.2) is 41.1 Å². The number of benzene rings is 2. The molecule has 4 atom stereocenters. The Morgan fingerprint density at radius 2 is 1.63 bits per heavy atom. The number of Topliss-reactive ketones (excluding diaryl/α,β-unsaturated/α-hetero) is 1. The van der Waals surface area contributed by atoms with Crippen molar-refractivity contribution < 1.29 is 14.4 Å². The van der Waals surface area contributed by atoms with E-state index >= 15 is 0 Å². The lowest BCUT2D eigenvalue weighted by Crippen LogP contribution is -2.46. The molecule has 0 bridgehead atoms. The van der Waals surface area contributed by atoms with Crippen LogP contribution in [0.25, 0.3) is 0 Å². The highest BCUT2D eigenvalue weighted by Gasteiger charge is 2.64. The molecule has 154 valence electrons. The van der Waals surface area contributed by atoms with Crippen molar-refractivity contribution in [1.82, 2.24) is 4.90 Å². The van der Waals surface area contributed by atoms with Gasteiger partial charge in [-0.2, -0.15) is 0 Å². The van der Waals surface area contributed by atoms with Crippen LogP contribution in [0.2, 0.25) is 0 Å². The van der Waals surface area contributed by atoms with Crippen LogP contribution in [0.1, 0.15) is 41.3 Å². The summed E-state index contributed by atoms with van der Waals surface area (Å²) in [6, 6.07) is 14.5. The molecule has 3 fully saturated rings. The van der Waals surface area contributed by atoms with Crippen LogP contribution in [-0.2, 0) is 16.0 Å². The molecule has 0 N–H and O–H groups in total.